The molecule has 0 spiro atoms. The number of hydrazone groups is 1. The fraction of sp³-hybridized carbons (Fsp3) is 0.375. The summed E-state index contributed by atoms with van der Waals surface area (Å²) in [6.45, 7) is 3.85. The van der Waals surface area contributed by atoms with Crippen LogP contribution in [-0.4, -0.2) is 16.6 Å². The highest BCUT2D eigenvalue weighted by Crippen LogP contribution is 2.10. The van der Waals surface area contributed by atoms with Crippen LogP contribution in [0.2, 0.25) is 0 Å². The Hall–Kier alpha value is -1.28. The first kappa shape index (κ1) is 9.81. The summed E-state index contributed by atoms with van der Waals surface area (Å²) in [5, 5.41) is 13.2. The van der Waals surface area contributed by atoms with Crippen molar-refractivity contribution in [2.75, 3.05) is 5.75 Å². The van der Waals surface area contributed by atoms with E-state index in [-0.39, 0.29) is 0 Å². The molecule has 0 amide bonds. The Balaban J connectivity index is 2.82. The zero-order chi connectivity index (χ0) is 9.68. The normalized spacial score (nSPS) is 18.7. The lowest BCUT2D eigenvalue weighted by Crippen LogP contribution is -2.21. The van der Waals surface area contributed by atoms with Gasteiger partial charge in [-0.2, -0.15) is 10.4 Å². The van der Waals surface area contributed by atoms with Crippen LogP contribution in [0.15, 0.2) is 21.9 Å². The van der Waals surface area contributed by atoms with Crippen LogP contribution in [0.5, 0.6) is 0 Å². The highest BCUT2D eigenvalue weighted by molar-refractivity contribution is 8.13. The topological polar surface area (TPSA) is 60.5 Å². The van der Waals surface area contributed by atoms with Crippen molar-refractivity contribution in [2.45, 2.75) is 13.8 Å². The summed E-state index contributed by atoms with van der Waals surface area (Å²) in [5.74, 6) is 0.931. The van der Waals surface area contributed by atoms with E-state index >= 15 is 0 Å². The third-order valence-electron chi connectivity index (χ3n) is 1.39. The Morgan fingerprint density at radius 1 is 1.69 bits per heavy atom. The second-order valence-corrected chi connectivity index (χ2v) is 3.57. The summed E-state index contributed by atoms with van der Waals surface area (Å²) in [7, 11) is 0. The predicted octanol–water partition coefficient (Wildman–Crippen LogP) is 1.48. The molecule has 1 aliphatic heterocycles. The summed E-state index contributed by atoms with van der Waals surface area (Å²) in [5.41, 5.74) is 4.18. The highest BCUT2D eigenvalue weighted by Gasteiger charge is 2.09. The SMILES string of the molecule is CCSC1=N/C(=C\C#N)C(C)=NN1. The number of amidine groups is 1. The molecule has 0 aromatic heterocycles. The number of nitrogens with zero attached hydrogens (tertiary/aromatic N) is 3. The van der Waals surface area contributed by atoms with E-state index < -0.39 is 0 Å². The molecule has 1 aliphatic rings. The zero-order valence-corrected chi connectivity index (χ0v) is 8.35. The van der Waals surface area contributed by atoms with Crippen LogP contribution in [0.1, 0.15) is 13.8 Å². The molecule has 1 N–H and O–H groups in total. The molecule has 0 bridgehead atoms. The van der Waals surface area contributed by atoms with Gasteiger partial charge in [-0.25, -0.2) is 4.99 Å². The first-order chi connectivity index (χ1) is 6.27. The van der Waals surface area contributed by atoms with Crippen molar-refractivity contribution in [1.29, 1.82) is 5.26 Å². The molecule has 0 saturated heterocycles. The zero-order valence-electron chi connectivity index (χ0n) is 7.53. The first-order valence-corrected chi connectivity index (χ1v) is 4.88. The van der Waals surface area contributed by atoms with Crippen molar-refractivity contribution in [3.05, 3.63) is 11.8 Å². The van der Waals surface area contributed by atoms with E-state index in [2.05, 4.69) is 15.5 Å². The molecule has 0 aliphatic carbocycles. The Labute approximate surface area is 81.4 Å². The van der Waals surface area contributed by atoms with Gasteiger partial charge in [-0.3, -0.25) is 5.43 Å². The molecule has 1 heterocycles. The smallest absolute Gasteiger partial charge is 0.182 e. The Kier molecular flexibility index (Phi) is 3.53. The van der Waals surface area contributed by atoms with Crippen molar-refractivity contribution < 1.29 is 0 Å². The van der Waals surface area contributed by atoms with Gasteiger partial charge in [-0.05, 0) is 12.7 Å². The molecular formula is C8H10N4S. The second kappa shape index (κ2) is 4.67. The standard InChI is InChI=1S/C8H10N4S/c1-3-13-8-10-7(4-5-9)6(2)11-12-8/h4H,3H2,1-2H3,(H,10,12)/b7-4-. The van der Waals surface area contributed by atoms with E-state index in [0.29, 0.717) is 5.70 Å². The molecule has 1 rings (SSSR count). The number of hydrogen-bond acceptors (Lipinski definition) is 5. The summed E-state index contributed by atoms with van der Waals surface area (Å²) in [6.07, 6.45) is 1.40. The van der Waals surface area contributed by atoms with E-state index in [1.807, 2.05) is 19.9 Å². The van der Waals surface area contributed by atoms with Crippen LogP contribution in [0.4, 0.5) is 0 Å². The predicted molar refractivity (Wildman–Crippen MR) is 55.5 cm³/mol. The molecular weight excluding hydrogens is 184 g/mol. The number of nitriles is 1. The molecule has 0 aromatic rings. The van der Waals surface area contributed by atoms with Crippen LogP contribution in [0.25, 0.3) is 0 Å². The lowest BCUT2D eigenvalue weighted by Gasteiger charge is -2.11. The molecule has 4 nitrogen and oxygen atoms in total. The summed E-state index contributed by atoms with van der Waals surface area (Å²) in [4.78, 5) is 4.22. The van der Waals surface area contributed by atoms with Crippen molar-refractivity contribution in [3.8, 4) is 6.07 Å². The van der Waals surface area contributed by atoms with Gasteiger partial charge in [0.05, 0.1) is 17.5 Å². The molecule has 0 aromatic carbocycles. The van der Waals surface area contributed by atoms with E-state index in [1.165, 1.54) is 6.08 Å². The Morgan fingerprint density at radius 2 is 2.46 bits per heavy atom. The molecule has 68 valence electrons. The maximum Gasteiger partial charge on any atom is 0.182 e. The van der Waals surface area contributed by atoms with E-state index in [4.69, 9.17) is 5.26 Å². The maximum absolute atomic E-state index is 8.47. The lowest BCUT2D eigenvalue weighted by molar-refractivity contribution is 1.01. The summed E-state index contributed by atoms with van der Waals surface area (Å²) < 4.78 is 0. The van der Waals surface area contributed by atoms with Crippen LogP contribution >= 0.6 is 11.8 Å². The number of allylic oxidation sites excluding steroid dienone is 2. The van der Waals surface area contributed by atoms with Gasteiger partial charge in [0.2, 0.25) is 0 Å². The number of aliphatic imine (C=N–C) groups is 1. The molecule has 0 radical (unpaired) electrons. The van der Waals surface area contributed by atoms with Crippen LogP contribution < -0.4 is 5.43 Å². The van der Waals surface area contributed by atoms with Gasteiger partial charge >= 0.3 is 0 Å². The first-order valence-electron chi connectivity index (χ1n) is 3.90. The van der Waals surface area contributed by atoms with Crippen LogP contribution in [0.3, 0.4) is 0 Å². The summed E-state index contributed by atoms with van der Waals surface area (Å²) in [6, 6.07) is 1.94. The number of hydrogen-bond donors (Lipinski definition) is 1. The fourth-order valence-corrected chi connectivity index (χ4v) is 1.35. The maximum atomic E-state index is 8.47. The third kappa shape index (κ3) is 2.60. The quantitative estimate of drug-likeness (QED) is 0.643. The van der Waals surface area contributed by atoms with Gasteiger partial charge in [-0.15, -0.1) is 0 Å². The lowest BCUT2D eigenvalue weighted by atomic mass is 10.3. The molecule has 5 heteroatoms. The molecule has 0 unspecified atom stereocenters. The van der Waals surface area contributed by atoms with Crippen molar-refractivity contribution >= 4 is 22.6 Å². The fourth-order valence-electron chi connectivity index (χ4n) is 0.803. The van der Waals surface area contributed by atoms with E-state index in [0.717, 1.165) is 16.6 Å². The average molecular weight is 194 g/mol. The number of rotatable bonds is 1. The van der Waals surface area contributed by atoms with Crippen molar-refractivity contribution in [1.82, 2.24) is 5.43 Å². The Bertz CT molecular complexity index is 322. The van der Waals surface area contributed by atoms with Gasteiger partial charge in [0, 0.05) is 6.08 Å². The van der Waals surface area contributed by atoms with Gasteiger partial charge in [0.25, 0.3) is 0 Å². The minimum Gasteiger partial charge on any atom is -0.255 e. The van der Waals surface area contributed by atoms with Crippen LogP contribution in [-0.2, 0) is 0 Å². The van der Waals surface area contributed by atoms with Gasteiger partial charge in [0.1, 0.15) is 0 Å². The van der Waals surface area contributed by atoms with Gasteiger partial charge < -0.3 is 0 Å². The minimum absolute atomic E-state index is 0.636. The number of nitrogens with one attached hydrogen (secondary N) is 1. The van der Waals surface area contributed by atoms with Gasteiger partial charge in [-0.1, -0.05) is 18.7 Å². The molecule has 13 heavy (non-hydrogen) atoms. The van der Waals surface area contributed by atoms with Gasteiger partial charge in [0.15, 0.2) is 5.17 Å². The molecule has 0 saturated carbocycles. The summed E-state index contributed by atoms with van der Waals surface area (Å²) >= 11 is 1.57. The van der Waals surface area contributed by atoms with Crippen molar-refractivity contribution in [2.24, 2.45) is 10.1 Å². The number of thioether (sulfide) groups is 1. The average Bonchev–Trinajstić information content (AvgIpc) is 2.12. The largest absolute Gasteiger partial charge is 0.255 e. The van der Waals surface area contributed by atoms with Crippen molar-refractivity contribution in [3.63, 3.8) is 0 Å². The third-order valence-corrected chi connectivity index (χ3v) is 2.14. The minimum atomic E-state index is 0.636. The Morgan fingerprint density at radius 3 is 3.08 bits per heavy atom. The molecule has 0 fully saturated rings. The van der Waals surface area contributed by atoms with E-state index in [9.17, 15) is 0 Å². The highest BCUT2D eigenvalue weighted by atomic mass is 32.2. The van der Waals surface area contributed by atoms with E-state index in [1.54, 1.807) is 11.8 Å². The monoisotopic (exact) mass is 194 g/mol. The second-order valence-electron chi connectivity index (χ2n) is 2.32. The van der Waals surface area contributed by atoms with Crippen LogP contribution in [0, 0.1) is 11.3 Å². The molecule has 0 atom stereocenters.